The van der Waals surface area contributed by atoms with Gasteiger partial charge in [0.2, 0.25) is 0 Å². The van der Waals surface area contributed by atoms with Crippen molar-refractivity contribution in [1.29, 1.82) is 0 Å². The Morgan fingerprint density at radius 3 is 2.78 bits per heavy atom. The highest BCUT2D eigenvalue weighted by Crippen LogP contribution is 2.34. The molecule has 0 saturated carbocycles. The lowest BCUT2D eigenvalue weighted by Crippen LogP contribution is -2.21. The highest BCUT2D eigenvalue weighted by atomic mass is 35.5. The molecule has 2 aromatic carbocycles. The molecule has 3 aromatic rings. The summed E-state index contributed by atoms with van der Waals surface area (Å²) in [6.45, 7) is 8.24. The molecule has 1 unspecified atom stereocenters. The number of hydrogen-bond donors (Lipinski definition) is 1. The number of allylic oxidation sites excluding steroid dienone is 1. The topological polar surface area (TPSA) is 37.9 Å². The number of fused-ring (bicyclic) bond motifs is 1. The minimum absolute atomic E-state index is 0.0932. The van der Waals surface area contributed by atoms with Gasteiger partial charge in [0, 0.05) is 17.0 Å². The first-order valence-corrected chi connectivity index (χ1v) is 9.88. The first-order valence-electron chi connectivity index (χ1n) is 9.51. The van der Waals surface area contributed by atoms with E-state index in [1.165, 1.54) is 11.1 Å². The molecule has 1 aliphatic heterocycles. The van der Waals surface area contributed by atoms with E-state index in [1.54, 1.807) is 0 Å². The smallest absolute Gasteiger partial charge is 0.131 e. The van der Waals surface area contributed by atoms with Gasteiger partial charge in [0.05, 0.1) is 17.6 Å². The maximum atomic E-state index is 6.43. The second-order valence-electron chi connectivity index (χ2n) is 7.95. The Bertz CT molecular complexity index is 997. The molecular weight excluding hydrogens is 356 g/mol. The number of nitrogens with zero attached hydrogens (tertiary/aromatic N) is 1. The van der Waals surface area contributed by atoms with E-state index in [1.807, 2.05) is 18.2 Å². The van der Waals surface area contributed by atoms with Crippen LogP contribution in [-0.4, -0.2) is 23.2 Å². The largest absolute Gasteiger partial charge is 0.381 e. The molecule has 1 fully saturated rings. The molecule has 0 spiro atoms. The summed E-state index contributed by atoms with van der Waals surface area (Å²) in [7, 11) is 0. The third-order valence-electron chi connectivity index (χ3n) is 5.52. The number of hydrogen-bond acceptors (Lipinski definition) is 2. The van der Waals surface area contributed by atoms with Crippen LogP contribution in [0.5, 0.6) is 0 Å². The minimum atomic E-state index is 0.0932. The molecule has 0 amide bonds. The summed E-state index contributed by atoms with van der Waals surface area (Å²) in [5.74, 6) is 1.20. The molecule has 1 atom stereocenters. The second-order valence-corrected chi connectivity index (χ2v) is 8.36. The Kier molecular flexibility index (Phi) is 4.83. The number of H-pyrrole nitrogens is 1. The van der Waals surface area contributed by atoms with Gasteiger partial charge in [-0.3, -0.25) is 0 Å². The summed E-state index contributed by atoms with van der Waals surface area (Å²) in [6.07, 6.45) is 3.18. The third kappa shape index (κ3) is 3.54. The minimum Gasteiger partial charge on any atom is -0.381 e. The number of aromatic nitrogens is 2. The van der Waals surface area contributed by atoms with Crippen LogP contribution in [0.1, 0.15) is 44.1 Å². The van der Waals surface area contributed by atoms with Crippen LogP contribution >= 0.6 is 11.6 Å². The molecule has 4 rings (SSSR count). The summed E-state index contributed by atoms with van der Waals surface area (Å²) < 4.78 is 5.62. The van der Waals surface area contributed by atoms with Crippen molar-refractivity contribution in [3.8, 4) is 0 Å². The van der Waals surface area contributed by atoms with Gasteiger partial charge in [0.15, 0.2) is 0 Å². The van der Waals surface area contributed by atoms with Crippen LogP contribution in [0, 0.1) is 5.92 Å². The van der Waals surface area contributed by atoms with Crippen molar-refractivity contribution < 1.29 is 4.74 Å². The molecule has 4 heteroatoms. The van der Waals surface area contributed by atoms with Gasteiger partial charge in [0.25, 0.3) is 0 Å². The molecule has 2 heterocycles. The third-order valence-corrected chi connectivity index (χ3v) is 5.84. The van der Waals surface area contributed by atoms with Crippen LogP contribution < -0.4 is 0 Å². The van der Waals surface area contributed by atoms with Gasteiger partial charge in [-0.05, 0) is 53.3 Å². The molecular formula is C23H25ClN2O. The Morgan fingerprint density at radius 2 is 2.07 bits per heavy atom. The van der Waals surface area contributed by atoms with E-state index < -0.39 is 0 Å². The lowest BCUT2D eigenvalue weighted by atomic mass is 9.82. The number of benzene rings is 2. The Hall–Kier alpha value is -2.10. The monoisotopic (exact) mass is 380 g/mol. The fourth-order valence-electron chi connectivity index (χ4n) is 3.77. The molecule has 1 saturated heterocycles. The fourth-order valence-corrected chi connectivity index (χ4v) is 4.01. The number of halogens is 1. The lowest BCUT2D eigenvalue weighted by molar-refractivity contribution is 0.181. The quantitative estimate of drug-likeness (QED) is 0.594. The van der Waals surface area contributed by atoms with Crippen LogP contribution in [-0.2, 0) is 10.2 Å². The first kappa shape index (κ1) is 18.3. The highest BCUT2D eigenvalue weighted by Gasteiger charge is 2.31. The Balaban J connectivity index is 1.75. The average molecular weight is 381 g/mol. The van der Waals surface area contributed by atoms with E-state index in [0.717, 1.165) is 47.1 Å². The molecule has 1 N–H and O–H groups in total. The van der Waals surface area contributed by atoms with E-state index in [2.05, 4.69) is 56.1 Å². The van der Waals surface area contributed by atoms with Gasteiger partial charge in [0.1, 0.15) is 5.82 Å². The van der Waals surface area contributed by atoms with E-state index in [9.17, 15) is 0 Å². The molecule has 0 aliphatic carbocycles. The van der Waals surface area contributed by atoms with Crippen molar-refractivity contribution in [2.75, 3.05) is 13.2 Å². The summed E-state index contributed by atoms with van der Waals surface area (Å²) in [6, 6.07) is 14.5. The molecule has 1 aliphatic rings. The molecule has 0 radical (unpaired) electrons. The van der Waals surface area contributed by atoms with Gasteiger partial charge >= 0.3 is 0 Å². The number of aromatic amines is 1. The van der Waals surface area contributed by atoms with Gasteiger partial charge in [-0.15, -0.1) is 0 Å². The van der Waals surface area contributed by atoms with Gasteiger partial charge in [-0.1, -0.05) is 56.6 Å². The van der Waals surface area contributed by atoms with Crippen molar-refractivity contribution in [3.05, 3.63) is 64.4 Å². The van der Waals surface area contributed by atoms with Gasteiger partial charge < -0.3 is 9.72 Å². The normalized spacial score (nSPS) is 20.7. The van der Waals surface area contributed by atoms with E-state index in [-0.39, 0.29) is 5.41 Å². The Morgan fingerprint density at radius 1 is 1.26 bits per heavy atom. The van der Waals surface area contributed by atoms with E-state index in [0.29, 0.717) is 5.92 Å². The molecule has 1 aromatic heterocycles. The van der Waals surface area contributed by atoms with Crippen LogP contribution in [0.15, 0.2) is 42.5 Å². The predicted molar refractivity (Wildman–Crippen MR) is 113 cm³/mol. The van der Waals surface area contributed by atoms with Crippen molar-refractivity contribution >= 4 is 34.3 Å². The van der Waals surface area contributed by atoms with E-state index >= 15 is 0 Å². The molecule has 140 valence electrons. The predicted octanol–water partition coefficient (Wildman–Crippen LogP) is 6.09. The van der Waals surface area contributed by atoms with Gasteiger partial charge in [-0.2, -0.15) is 0 Å². The number of nitrogens with one attached hydrogen (secondary N) is 1. The van der Waals surface area contributed by atoms with Crippen LogP contribution in [0.4, 0.5) is 0 Å². The molecule has 3 nitrogen and oxygen atoms in total. The van der Waals surface area contributed by atoms with Crippen molar-refractivity contribution in [2.24, 2.45) is 5.92 Å². The number of rotatable bonds is 4. The van der Waals surface area contributed by atoms with E-state index in [4.69, 9.17) is 21.3 Å². The molecule has 0 bridgehead atoms. The summed E-state index contributed by atoms with van der Waals surface area (Å²) in [5.41, 5.74) is 5.68. The standard InChI is InChI=1S/C23H25ClN2O/c1-15(2)18(17-6-4-5-7-19(17)24)13-22-25-20-9-8-16(12-21(20)26-22)23(3)10-11-27-14-23/h4-9,12-13,15H,10-11,14H2,1-3H3,(H,25,26)/b18-13+. The summed E-state index contributed by atoms with van der Waals surface area (Å²) >= 11 is 6.43. The van der Waals surface area contributed by atoms with Gasteiger partial charge in [-0.25, -0.2) is 4.98 Å². The van der Waals surface area contributed by atoms with Crippen molar-refractivity contribution in [2.45, 2.75) is 32.6 Å². The Labute approximate surface area is 165 Å². The fraction of sp³-hybridized carbons (Fsp3) is 0.348. The number of ether oxygens (including phenoxy) is 1. The zero-order valence-corrected chi connectivity index (χ0v) is 16.8. The zero-order chi connectivity index (χ0) is 19.0. The van der Waals surface area contributed by atoms with Crippen molar-refractivity contribution in [3.63, 3.8) is 0 Å². The van der Waals surface area contributed by atoms with Crippen LogP contribution in [0.25, 0.3) is 22.7 Å². The molecule has 27 heavy (non-hydrogen) atoms. The summed E-state index contributed by atoms with van der Waals surface area (Å²) in [5, 5.41) is 0.769. The maximum absolute atomic E-state index is 6.43. The summed E-state index contributed by atoms with van der Waals surface area (Å²) in [4.78, 5) is 8.25. The second kappa shape index (κ2) is 7.14. The maximum Gasteiger partial charge on any atom is 0.131 e. The van der Waals surface area contributed by atoms with Crippen LogP contribution in [0.2, 0.25) is 5.02 Å². The number of imidazole rings is 1. The first-order chi connectivity index (χ1) is 13.0. The zero-order valence-electron chi connectivity index (χ0n) is 16.1. The average Bonchev–Trinajstić information content (AvgIpc) is 3.26. The van der Waals surface area contributed by atoms with Crippen molar-refractivity contribution in [1.82, 2.24) is 9.97 Å². The van der Waals surface area contributed by atoms with Crippen LogP contribution in [0.3, 0.4) is 0 Å². The SMILES string of the molecule is CC(C)/C(=C\c1nc2ccc(C3(C)CCOC3)cc2[nH]1)c1ccccc1Cl. The highest BCUT2D eigenvalue weighted by molar-refractivity contribution is 6.32. The lowest BCUT2D eigenvalue weighted by Gasteiger charge is -2.22.